The van der Waals surface area contributed by atoms with Gasteiger partial charge in [-0.15, -0.1) is 0 Å². The summed E-state index contributed by atoms with van der Waals surface area (Å²) in [6.07, 6.45) is 0. The molecule has 3 rings (SSSR count). The quantitative estimate of drug-likeness (QED) is 0.643. The minimum absolute atomic E-state index is 0.0919. The summed E-state index contributed by atoms with van der Waals surface area (Å²) in [5.74, 6) is -0.0279. The van der Waals surface area contributed by atoms with E-state index in [2.05, 4.69) is 27.5 Å². The number of nitrogens with one attached hydrogen (secondary N) is 2. The molecule has 1 heterocycles. The van der Waals surface area contributed by atoms with Crippen molar-refractivity contribution >= 4 is 11.8 Å². The molecular weight excluding hydrogens is 392 g/mol. The molecule has 0 radical (unpaired) electrons. The summed E-state index contributed by atoms with van der Waals surface area (Å²) in [6.45, 7) is 6.97. The first-order valence-corrected chi connectivity index (χ1v) is 10.8. The predicted molar refractivity (Wildman–Crippen MR) is 121 cm³/mol. The molecule has 0 spiro atoms. The van der Waals surface area contributed by atoms with Gasteiger partial charge in [0.25, 0.3) is 5.91 Å². The van der Waals surface area contributed by atoms with Crippen molar-refractivity contribution in [1.29, 1.82) is 0 Å². The summed E-state index contributed by atoms with van der Waals surface area (Å²) in [6, 6.07) is 16.9. The molecule has 1 unspecified atom stereocenters. The van der Waals surface area contributed by atoms with E-state index in [1.165, 1.54) is 0 Å². The number of hydrogen-bond donors (Lipinski definition) is 2. The maximum absolute atomic E-state index is 12.7. The Balaban J connectivity index is 1.59. The Hall–Kier alpha value is -2.90. The van der Waals surface area contributed by atoms with Gasteiger partial charge >= 0.3 is 0 Å². The summed E-state index contributed by atoms with van der Waals surface area (Å²) in [5.41, 5.74) is 1.48. The van der Waals surface area contributed by atoms with Crippen molar-refractivity contribution < 1.29 is 14.3 Å². The lowest BCUT2D eigenvalue weighted by molar-refractivity contribution is -0.121. The Morgan fingerprint density at radius 2 is 1.68 bits per heavy atom. The number of likely N-dealkylation sites (N-methyl/N-ethyl adjacent to an activating group) is 1. The number of para-hydroxylation sites is 1. The number of amides is 2. The van der Waals surface area contributed by atoms with Crippen LogP contribution in [0.3, 0.4) is 0 Å². The van der Waals surface area contributed by atoms with Crippen molar-refractivity contribution in [2.45, 2.75) is 13.0 Å². The van der Waals surface area contributed by atoms with Crippen LogP contribution in [0.1, 0.15) is 28.9 Å². The largest absolute Gasteiger partial charge is 0.493 e. The molecule has 7 nitrogen and oxygen atoms in total. The summed E-state index contributed by atoms with van der Waals surface area (Å²) >= 11 is 0. The molecule has 2 aromatic carbocycles. The van der Waals surface area contributed by atoms with Gasteiger partial charge in [0.05, 0.1) is 24.8 Å². The Morgan fingerprint density at radius 3 is 2.39 bits per heavy atom. The van der Waals surface area contributed by atoms with Crippen LogP contribution in [0.5, 0.6) is 5.75 Å². The van der Waals surface area contributed by atoms with Crippen molar-refractivity contribution in [2.24, 2.45) is 0 Å². The lowest BCUT2D eigenvalue weighted by atomic mass is 10.1. The van der Waals surface area contributed by atoms with Crippen LogP contribution >= 0.6 is 0 Å². The van der Waals surface area contributed by atoms with E-state index >= 15 is 0 Å². The summed E-state index contributed by atoms with van der Waals surface area (Å²) in [5, 5.41) is 5.81. The molecular formula is C24H32N4O3. The average molecular weight is 425 g/mol. The highest BCUT2D eigenvalue weighted by molar-refractivity contribution is 5.98. The van der Waals surface area contributed by atoms with Gasteiger partial charge in [0.15, 0.2) is 0 Å². The van der Waals surface area contributed by atoms with E-state index in [4.69, 9.17) is 4.74 Å². The Labute approximate surface area is 184 Å². The molecule has 1 saturated heterocycles. The minimum atomic E-state index is -0.325. The number of carbonyl (C=O) groups excluding carboxylic acids is 2. The van der Waals surface area contributed by atoms with Gasteiger partial charge in [0.1, 0.15) is 5.75 Å². The molecule has 31 heavy (non-hydrogen) atoms. The van der Waals surface area contributed by atoms with E-state index in [1.54, 1.807) is 18.2 Å². The third kappa shape index (κ3) is 6.80. The van der Waals surface area contributed by atoms with Gasteiger partial charge in [-0.25, -0.2) is 0 Å². The third-order valence-electron chi connectivity index (χ3n) is 5.41. The molecule has 1 aliphatic rings. The maximum Gasteiger partial charge on any atom is 0.255 e. The third-order valence-corrected chi connectivity index (χ3v) is 5.41. The van der Waals surface area contributed by atoms with Crippen molar-refractivity contribution in [3.63, 3.8) is 0 Å². The van der Waals surface area contributed by atoms with Gasteiger partial charge in [-0.2, -0.15) is 0 Å². The second kappa shape index (κ2) is 11.5. The maximum atomic E-state index is 12.7. The topological polar surface area (TPSA) is 73.9 Å². The minimum Gasteiger partial charge on any atom is -0.493 e. The zero-order chi connectivity index (χ0) is 22.1. The number of nitrogens with zero attached hydrogens (tertiary/aromatic N) is 2. The molecule has 2 N–H and O–H groups in total. The summed E-state index contributed by atoms with van der Waals surface area (Å²) in [7, 11) is 2.13. The summed E-state index contributed by atoms with van der Waals surface area (Å²) < 4.78 is 5.51. The van der Waals surface area contributed by atoms with Gasteiger partial charge in [0, 0.05) is 32.7 Å². The number of ether oxygens (including phenoxy) is 1. The Kier molecular flexibility index (Phi) is 8.44. The van der Waals surface area contributed by atoms with Crippen LogP contribution in [-0.2, 0) is 4.79 Å². The second-order valence-corrected chi connectivity index (χ2v) is 7.75. The first-order chi connectivity index (χ1) is 15.1. The van der Waals surface area contributed by atoms with Crippen molar-refractivity contribution in [2.75, 3.05) is 52.9 Å². The highest BCUT2D eigenvalue weighted by Crippen LogP contribution is 2.18. The number of rotatable bonds is 9. The predicted octanol–water partition coefficient (Wildman–Crippen LogP) is 1.92. The average Bonchev–Trinajstić information content (AvgIpc) is 2.79. The number of carbonyl (C=O) groups is 2. The van der Waals surface area contributed by atoms with Crippen LogP contribution in [-0.4, -0.2) is 74.5 Å². The fourth-order valence-corrected chi connectivity index (χ4v) is 3.65. The second-order valence-electron chi connectivity index (χ2n) is 7.75. The Bertz CT molecular complexity index is 851. The van der Waals surface area contributed by atoms with Gasteiger partial charge in [-0.05, 0) is 31.7 Å². The van der Waals surface area contributed by atoms with Crippen molar-refractivity contribution in [3.05, 3.63) is 65.7 Å². The van der Waals surface area contributed by atoms with Crippen LogP contribution in [0.2, 0.25) is 0 Å². The lowest BCUT2D eigenvalue weighted by Gasteiger charge is -2.35. The number of benzene rings is 2. The monoisotopic (exact) mass is 424 g/mol. The fraction of sp³-hybridized carbons (Fsp3) is 0.417. The van der Waals surface area contributed by atoms with Crippen LogP contribution in [0.4, 0.5) is 0 Å². The zero-order valence-electron chi connectivity index (χ0n) is 18.3. The smallest absolute Gasteiger partial charge is 0.255 e. The standard InChI is InChI=1S/C24H32N4O3/c1-3-31-22-12-8-7-11-20(22)24(30)25-17-23(29)26-21(19-9-5-4-6-10-19)18-28-15-13-27(2)14-16-28/h4-12,21H,3,13-18H2,1-2H3,(H,25,30)(H,26,29). The van der Waals surface area contributed by atoms with Crippen LogP contribution in [0.25, 0.3) is 0 Å². The van der Waals surface area contributed by atoms with E-state index in [-0.39, 0.29) is 24.4 Å². The molecule has 0 aromatic heterocycles. The highest BCUT2D eigenvalue weighted by atomic mass is 16.5. The Morgan fingerprint density at radius 1 is 1.00 bits per heavy atom. The van der Waals surface area contributed by atoms with Gasteiger partial charge in [-0.1, -0.05) is 42.5 Å². The fourth-order valence-electron chi connectivity index (χ4n) is 3.65. The van der Waals surface area contributed by atoms with E-state index in [1.807, 2.05) is 43.3 Å². The molecule has 0 saturated carbocycles. The van der Waals surface area contributed by atoms with Gasteiger partial charge < -0.3 is 20.3 Å². The highest BCUT2D eigenvalue weighted by Gasteiger charge is 2.21. The van der Waals surface area contributed by atoms with Gasteiger partial charge in [-0.3, -0.25) is 14.5 Å². The first kappa shape index (κ1) is 22.8. The zero-order valence-corrected chi connectivity index (χ0v) is 18.3. The SMILES string of the molecule is CCOc1ccccc1C(=O)NCC(=O)NC(CN1CCN(C)CC1)c1ccccc1. The molecule has 166 valence electrons. The van der Waals surface area contributed by atoms with Crippen molar-refractivity contribution in [1.82, 2.24) is 20.4 Å². The van der Waals surface area contributed by atoms with E-state index in [9.17, 15) is 9.59 Å². The molecule has 0 aliphatic carbocycles. The van der Waals surface area contributed by atoms with E-state index < -0.39 is 0 Å². The lowest BCUT2D eigenvalue weighted by Crippen LogP contribution is -2.48. The molecule has 1 atom stereocenters. The number of hydrogen-bond acceptors (Lipinski definition) is 5. The molecule has 2 amide bonds. The molecule has 0 bridgehead atoms. The molecule has 7 heteroatoms. The first-order valence-electron chi connectivity index (χ1n) is 10.8. The van der Waals surface area contributed by atoms with Crippen LogP contribution < -0.4 is 15.4 Å². The van der Waals surface area contributed by atoms with Gasteiger partial charge in [0.2, 0.25) is 5.91 Å². The molecule has 2 aromatic rings. The number of piperazine rings is 1. The normalized spacial score (nSPS) is 15.8. The summed E-state index contributed by atoms with van der Waals surface area (Å²) in [4.78, 5) is 29.9. The van der Waals surface area contributed by atoms with E-state index in [0.717, 1.165) is 38.3 Å². The van der Waals surface area contributed by atoms with Crippen molar-refractivity contribution in [3.8, 4) is 5.75 Å². The van der Waals surface area contributed by atoms with Crippen LogP contribution in [0, 0.1) is 0 Å². The van der Waals surface area contributed by atoms with E-state index in [0.29, 0.717) is 17.9 Å². The molecule has 1 aliphatic heterocycles. The molecule has 1 fully saturated rings. The van der Waals surface area contributed by atoms with Crippen LogP contribution in [0.15, 0.2) is 54.6 Å².